The van der Waals surface area contributed by atoms with Gasteiger partial charge in [0, 0.05) is 19.6 Å². The van der Waals surface area contributed by atoms with Gasteiger partial charge >= 0.3 is 0 Å². The summed E-state index contributed by atoms with van der Waals surface area (Å²) in [4.78, 5) is 7.03. The normalized spacial score (nSPS) is 11.1. The van der Waals surface area contributed by atoms with E-state index in [-0.39, 0.29) is 0 Å². The Hall–Kier alpha value is -0.800. The lowest BCUT2D eigenvalue weighted by Crippen LogP contribution is -2.30. The summed E-state index contributed by atoms with van der Waals surface area (Å²) in [6.07, 6.45) is 2.42. The number of nitrogens with one attached hydrogen (secondary N) is 1. The minimum atomic E-state index is 0.704. The molecule has 0 aliphatic carbocycles. The Morgan fingerprint density at radius 1 is 1.26 bits per heavy atom. The number of rotatable bonds is 8. The Morgan fingerprint density at radius 2 is 1.95 bits per heavy atom. The molecular formula is C15H26ClN3. The van der Waals surface area contributed by atoms with Crippen LogP contribution in [-0.4, -0.2) is 25.1 Å². The lowest BCUT2D eigenvalue weighted by molar-refractivity contribution is 0.484. The van der Waals surface area contributed by atoms with E-state index in [2.05, 4.69) is 36.0 Å². The van der Waals surface area contributed by atoms with Crippen LogP contribution in [0.15, 0.2) is 12.1 Å². The van der Waals surface area contributed by atoms with Gasteiger partial charge in [0.2, 0.25) is 0 Å². The predicted molar refractivity (Wildman–Crippen MR) is 84.0 cm³/mol. The van der Waals surface area contributed by atoms with Crippen LogP contribution in [0.2, 0.25) is 5.02 Å². The van der Waals surface area contributed by atoms with Crippen molar-refractivity contribution in [1.29, 1.82) is 0 Å². The number of nitrogens with zero attached hydrogens (tertiary/aromatic N) is 2. The first kappa shape index (κ1) is 16.3. The van der Waals surface area contributed by atoms with Crippen molar-refractivity contribution in [2.45, 2.75) is 40.2 Å². The van der Waals surface area contributed by atoms with Crippen molar-refractivity contribution in [3.8, 4) is 0 Å². The Bertz CT molecular complexity index is 378. The number of hydrogen-bond acceptors (Lipinski definition) is 3. The Labute approximate surface area is 122 Å². The molecule has 0 fully saturated rings. The highest BCUT2D eigenvalue weighted by molar-refractivity contribution is 6.31. The molecule has 0 saturated carbocycles. The molecule has 0 unspecified atom stereocenters. The van der Waals surface area contributed by atoms with Gasteiger partial charge in [-0.25, -0.2) is 4.98 Å². The molecule has 0 aliphatic heterocycles. The van der Waals surface area contributed by atoms with Gasteiger partial charge in [-0.15, -0.1) is 0 Å². The minimum Gasteiger partial charge on any atom is -0.357 e. The number of anilines is 1. The second-order valence-corrected chi connectivity index (χ2v) is 5.26. The van der Waals surface area contributed by atoms with Gasteiger partial charge < -0.3 is 10.2 Å². The maximum absolute atomic E-state index is 6.16. The van der Waals surface area contributed by atoms with Crippen molar-refractivity contribution in [2.75, 3.05) is 25.0 Å². The van der Waals surface area contributed by atoms with Gasteiger partial charge in [0.15, 0.2) is 0 Å². The highest BCUT2D eigenvalue weighted by atomic mass is 35.5. The van der Waals surface area contributed by atoms with Gasteiger partial charge in [0.25, 0.3) is 0 Å². The fraction of sp³-hybridized carbons (Fsp3) is 0.667. The SMILES string of the molecule is CCC(CC)CN(CC)c1ccc(Cl)c(CNC)n1. The van der Waals surface area contributed by atoms with Crippen molar-refractivity contribution in [2.24, 2.45) is 5.92 Å². The van der Waals surface area contributed by atoms with Crippen LogP contribution in [0, 0.1) is 5.92 Å². The van der Waals surface area contributed by atoms with Crippen molar-refractivity contribution in [3.05, 3.63) is 22.8 Å². The van der Waals surface area contributed by atoms with Crippen molar-refractivity contribution in [3.63, 3.8) is 0 Å². The minimum absolute atomic E-state index is 0.704. The zero-order valence-corrected chi connectivity index (χ0v) is 13.3. The number of hydrogen-bond donors (Lipinski definition) is 1. The quantitative estimate of drug-likeness (QED) is 0.788. The summed E-state index contributed by atoms with van der Waals surface area (Å²) < 4.78 is 0. The molecule has 1 N–H and O–H groups in total. The largest absolute Gasteiger partial charge is 0.357 e. The van der Waals surface area contributed by atoms with E-state index in [0.29, 0.717) is 6.54 Å². The molecule has 1 rings (SSSR count). The third kappa shape index (κ3) is 4.66. The highest BCUT2D eigenvalue weighted by Gasteiger charge is 2.13. The average Bonchev–Trinajstić information content (AvgIpc) is 2.43. The van der Waals surface area contributed by atoms with Crippen LogP contribution >= 0.6 is 11.6 Å². The van der Waals surface area contributed by atoms with Gasteiger partial charge in [-0.1, -0.05) is 38.3 Å². The van der Waals surface area contributed by atoms with Gasteiger partial charge in [-0.05, 0) is 32.0 Å². The molecule has 4 heteroatoms. The van der Waals surface area contributed by atoms with E-state index in [1.54, 1.807) is 0 Å². The Kier molecular flexibility index (Phi) is 7.17. The third-order valence-corrected chi connectivity index (χ3v) is 3.93. The molecule has 0 aliphatic rings. The monoisotopic (exact) mass is 283 g/mol. The molecule has 19 heavy (non-hydrogen) atoms. The summed E-state index contributed by atoms with van der Waals surface area (Å²) in [5.41, 5.74) is 0.921. The van der Waals surface area contributed by atoms with Crippen LogP contribution in [-0.2, 0) is 6.54 Å². The summed E-state index contributed by atoms with van der Waals surface area (Å²) in [7, 11) is 1.91. The first-order valence-corrected chi connectivity index (χ1v) is 7.58. The molecule has 0 saturated heterocycles. The summed E-state index contributed by atoms with van der Waals surface area (Å²) in [6.45, 7) is 9.43. The van der Waals surface area contributed by atoms with Crippen molar-refractivity contribution in [1.82, 2.24) is 10.3 Å². The zero-order chi connectivity index (χ0) is 14.3. The zero-order valence-electron chi connectivity index (χ0n) is 12.5. The van der Waals surface area contributed by atoms with Crippen molar-refractivity contribution < 1.29 is 0 Å². The van der Waals surface area contributed by atoms with Crippen LogP contribution in [0.25, 0.3) is 0 Å². The van der Waals surface area contributed by atoms with E-state index in [1.165, 1.54) is 12.8 Å². The van der Waals surface area contributed by atoms with Crippen molar-refractivity contribution >= 4 is 17.4 Å². The van der Waals surface area contributed by atoms with Crippen LogP contribution in [0.4, 0.5) is 5.82 Å². The molecule has 3 nitrogen and oxygen atoms in total. The number of aromatic nitrogens is 1. The summed E-state index contributed by atoms with van der Waals surface area (Å²) in [5.74, 6) is 1.76. The van der Waals surface area contributed by atoms with E-state index in [1.807, 2.05) is 19.2 Å². The second-order valence-electron chi connectivity index (χ2n) is 4.85. The fourth-order valence-corrected chi connectivity index (χ4v) is 2.36. The van der Waals surface area contributed by atoms with Gasteiger partial charge in [-0.3, -0.25) is 0 Å². The first-order chi connectivity index (χ1) is 9.15. The molecular weight excluding hydrogens is 258 g/mol. The number of pyridine rings is 1. The van der Waals surface area contributed by atoms with Gasteiger partial charge in [0.05, 0.1) is 10.7 Å². The average molecular weight is 284 g/mol. The molecule has 0 bridgehead atoms. The molecule has 0 amide bonds. The molecule has 108 valence electrons. The van der Waals surface area contributed by atoms with Crippen LogP contribution in [0.1, 0.15) is 39.3 Å². The maximum Gasteiger partial charge on any atom is 0.128 e. The predicted octanol–water partition coefficient (Wildman–Crippen LogP) is 3.72. The van der Waals surface area contributed by atoms with E-state index >= 15 is 0 Å². The maximum atomic E-state index is 6.16. The lowest BCUT2D eigenvalue weighted by atomic mass is 10.0. The molecule has 1 heterocycles. The Balaban J connectivity index is 2.88. The first-order valence-electron chi connectivity index (χ1n) is 7.21. The fourth-order valence-electron chi connectivity index (χ4n) is 2.18. The standard InChI is InChI=1S/C15H26ClN3/c1-5-12(6-2)11-19(7-3)15-9-8-13(16)14(18-15)10-17-4/h8-9,12,17H,5-7,10-11H2,1-4H3. The summed E-state index contributed by atoms with van der Waals surface area (Å²) in [5, 5.41) is 3.84. The molecule has 1 aromatic heterocycles. The number of halogens is 1. The van der Waals surface area contributed by atoms with Crippen LogP contribution < -0.4 is 10.2 Å². The lowest BCUT2D eigenvalue weighted by Gasteiger charge is -2.27. The second kappa shape index (κ2) is 8.39. The molecule has 0 aromatic carbocycles. The topological polar surface area (TPSA) is 28.2 Å². The van der Waals surface area contributed by atoms with E-state index in [9.17, 15) is 0 Å². The summed E-state index contributed by atoms with van der Waals surface area (Å²) >= 11 is 6.16. The molecule has 0 radical (unpaired) electrons. The molecule has 0 atom stereocenters. The van der Waals surface area contributed by atoms with Crippen LogP contribution in [0.3, 0.4) is 0 Å². The third-order valence-electron chi connectivity index (χ3n) is 3.59. The van der Waals surface area contributed by atoms with E-state index in [4.69, 9.17) is 11.6 Å². The molecule has 0 spiro atoms. The van der Waals surface area contributed by atoms with E-state index < -0.39 is 0 Å². The highest BCUT2D eigenvalue weighted by Crippen LogP contribution is 2.21. The van der Waals surface area contributed by atoms with E-state index in [0.717, 1.165) is 35.5 Å². The molecule has 1 aromatic rings. The Morgan fingerprint density at radius 3 is 2.47 bits per heavy atom. The van der Waals surface area contributed by atoms with Gasteiger partial charge in [-0.2, -0.15) is 0 Å². The van der Waals surface area contributed by atoms with Gasteiger partial charge in [0.1, 0.15) is 5.82 Å². The summed E-state index contributed by atoms with van der Waals surface area (Å²) in [6, 6.07) is 3.97. The van der Waals surface area contributed by atoms with Crippen LogP contribution in [0.5, 0.6) is 0 Å². The smallest absolute Gasteiger partial charge is 0.128 e.